The Morgan fingerprint density at radius 2 is 1.78 bits per heavy atom. The van der Waals surface area contributed by atoms with Crippen molar-refractivity contribution in [2.45, 2.75) is 66.0 Å². The van der Waals surface area contributed by atoms with Gasteiger partial charge in [0.1, 0.15) is 0 Å². The van der Waals surface area contributed by atoms with E-state index in [1.54, 1.807) is 0 Å². The molecular weight excluding hydrogens is 228 g/mol. The van der Waals surface area contributed by atoms with Crippen molar-refractivity contribution >= 4 is 6.03 Å². The summed E-state index contributed by atoms with van der Waals surface area (Å²) in [5, 5.41) is 14.8. The molecule has 3 N–H and O–H groups in total. The van der Waals surface area contributed by atoms with Crippen LogP contribution in [0.2, 0.25) is 0 Å². The van der Waals surface area contributed by atoms with Crippen molar-refractivity contribution in [1.82, 2.24) is 10.6 Å². The molecule has 0 heterocycles. The first-order valence-electron chi connectivity index (χ1n) is 7.08. The van der Waals surface area contributed by atoms with Crippen LogP contribution in [0.5, 0.6) is 0 Å². The van der Waals surface area contributed by atoms with E-state index in [0.717, 1.165) is 12.8 Å². The first kappa shape index (κ1) is 17.2. The second-order valence-electron chi connectivity index (χ2n) is 5.63. The molecule has 0 aromatic carbocycles. The number of carbonyl (C=O) groups is 1. The van der Waals surface area contributed by atoms with Gasteiger partial charge < -0.3 is 15.7 Å². The number of aliphatic hydroxyl groups excluding tert-OH is 1. The third-order valence-electron chi connectivity index (χ3n) is 3.39. The maximum Gasteiger partial charge on any atom is 0.315 e. The highest BCUT2D eigenvalue weighted by Gasteiger charge is 2.17. The van der Waals surface area contributed by atoms with E-state index in [1.165, 1.54) is 0 Å². The predicted molar refractivity (Wildman–Crippen MR) is 75.5 cm³/mol. The molecule has 18 heavy (non-hydrogen) atoms. The minimum Gasteiger partial charge on any atom is -0.396 e. The van der Waals surface area contributed by atoms with Crippen LogP contribution in [-0.4, -0.2) is 29.8 Å². The van der Waals surface area contributed by atoms with Crippen molar-refractivity contribution < 1.29 is 9.90 Å². The normalized spacial score (nSPS) is 16.2. The Morgan fingerprint density at radius 1 is 1.17 bits per heavy atom. The summed E-state index contributed by atoms with van der Waals surface area (Å²) in [5.41, 5.74) is 0. The smallest absolute Gasteiger partial charge is 0.315 e. The van der Waals surface area contributed by atoms with Gasteiger partial charge in [-0.05, 0) is 31.6 Å². The highest BCUT2D eigenvalue weighted by molar-refractivity contribution is 5.74. The van der Waals surface area contributed by atoms with Gasteiger partial charge in [-0.2, -0.15) is 0 Å². The van der Waals surface area contributed by atoms with E-state index in [4.69, 9.17) is 5.11 Å². The van der Waals surface area contributed by atoms with Crippen LogP contribution < -0.4 is 10.6 Å². The standard InChI is InChI=1S/C14H30N2O2/c1-6-11(4)9-12(5)15-14(18)16-13(7-8-17)10(2)3/h10-13,17H,6-9H2,1-5H3,(H2,15,16,18). The summed E-state index contributed by atoms with van der Waals surface area (Å²) in [6.45, 7) is 10.6. The summed E-state index contributed by atoms with van der Waals surface area (Å²) in [5.74, 6) is 0.950. The number of urea groups is 1. The van der Waals surface area contributed by atoms with Gasteiger partial charge in [0.05, 0.1) is 0 Å². The summed E-state index contributed by atoms with van der Waals surface area (Å²) >= 11 is 0. The van der Waals surface area contributed by atoms with Gasteiger partial charge >= 0.3 is 6.03 Å². The lowest BCUT2D eigenvalue weighted by Gasteiger charge is -2.24. The highest BCUT2D eigenvalue weighted by atomic mass is 16.3. The lowest BCUT2D eigenvalue weighted by Crippen LogP contribution is -2.47. The van der Waals surface area contributed by atoms with Gasteiger partial charge in [-0.15, -0.1) is 0 Å². The van der Waals surface area contributed by atoms with Crippen molar-refractivity contribution in [2.75, 3.05) is 6.61 Å². The van der Waals surface area contributed by atoms with Crippen molar-refractivity contribution in [3.05, 3.63) is 0 Å². The average Bonchev–Trinajstić information content (AvgIpc) is 2.27. The molecule has 108 valence electrons. The van der Waals surface area contributed by atoms with E-state index in [-0.39, 0.29) is 24.7 Å². The monoisotopic (exact) mass is 258 g/mol. The van der Waals surface area contributed by atoms with Crippen LogP contribution >= 0.6 is 0 Å². The summed E-state index contributed by atoms with van der Waals surface area (Å²) in [4.78, 5) is 11.8. The molecule has 0 bridgehead atoms. The molecule has 0 spiro atoms. The van der Waals surface area contributed by atoms with Crippen molar-refractivity contribution in [3.8, 4) is 0 Å². The number of hydrogen-bond donors (Lipinski definition) is 3. The molecule has 0 aliphatic heterocycles. The third-order valence-corrected chi connectivity index (χ3v) is 3.39. The van der Waals surface area contributed by atoms with Crippen LogP contribution in [0.15, 0.2) is 0 Å². The van der Waals surface area contributed by atoms with Crippen LogP contribution in [-0.2, 0) is 0 Å². The zero-order valence-electron chi connectivity index (χ0n) is 12.5. The minimum atomic E-state index is -0.127. The number of amides is 2. The molecule has 0 aromatic rings. The Morgan fingerprint density at radius 3 is 2.22 bits per heavy atom. The van der Waals surface area contributed by atoms with Gasteiger partial charge in [-0.25, -0.2) is 4.79 Å². The van der Waals surface area contributed by atoms with E-state index in [0.29, 0.717) is 18.3 Å². The molecular formula is C14H30N2O2. The maximum absolute atomic E-state index is 11.8. The van der Waals surface area contributed by atoms with E-state index < -0.39 is 0 Å². The third kappa shape index (κ3) is 7.54. The Balaban J connectivity index is 4.07. The molecule has 0 rings (SSSR count). The lowest BCUT2D eigenvalue weighted by molar-refractivity contribution is 0.215. The first-order valence-corrected chi connectivity index (χ1v) is 7.08. The molecule has 0 saturated carbocycles. The second kappa shape index (κ2) is 9.20. The summed E-state index contributed by atoms with van der Waals surface area (Å²) < 4.78 is 0. The molecule has 4 heteroatoms. The zero-order chi connectivity index (χ0) is 14.1. The summed E-state index contributed by atoms with van der Waals surface area (Å²) in [6, 6.07) is 0.0886. The van der Waals surface area contributed by atoms with Crippen LogP contribution in [0.4, 0.5) is 4.79 Å². The fourth-order valence-electron chi connectivity index (χ4n) is 1.97. The topological polar surface area (TPSA) is 61.4 Å². The van der Waals surface area contributed by atoms with Gasteiger partial charge in [-0.3, -0.25) is 0 Å². The molecule has 0 aromatic heterocycles. The van der Waals surface area contributed by atoms with Gasteiger partial charge in [0, 0.05) is 18.7 Å². The van der Waals surface area contributed by atoms with Gasteiger partial charge in [0.25, 0.3) is 0 Å². The molecule has 3 unspecified atom stereocenters. The fraction of sp³-hybridized carbons (Fsp3) is 0.929. The quantitative estimate of drug-likeness (QED) is 0.626. The van der Waals surface area contributed by atoms with Crippen molar-refractivity contribution in [3.63, 3.8) is 0 Å². The largest absolute Gasteiger partial charge is 0.396 e. The van der Waals surface area contributed by atoms with Gasteiger partial charge in [-0.1, -0.05) is 34.1 Å². The van der Waals surface area contributed by atoms with Crippen LogP contribution in [0.1, 0.15) is 53.9 Å². The van der Waals surface area contributed by atoms with Crippen LogP contribution in [0, 0.1) is 11.8 Å². The predicted octanol–water partition coefficient (Wildman–Crippen LogP) is 2.52. The molecule has 0 fully saturated rings. The minimum absolute atomic E-state index is 0.0331. The van der Waals surface area contributed by atoms with Crippen molar-refractivity contribution in [2.24, 2.45) is 11.8 Å². The van der Waals surface area contributed by atoms with E-state index in [2.05, 4.69) is 24.5 Å². The Hall–Kier alpha value is -0.770. The number of nitrogens with one attached hydrogen (secondary N) is 2. The Labute approximate surface area is 112 Å². The summed E-state index contributed by atoms with van der Waals surface area (Å²) in [6.07, 6.45) is 2.73. The first-order chi connectivity index (χ1) is 8.40. The van der Waals surface area contributed by atoms with Crippen LogP contribution in [0.25, 0.3) is 0 Å². The molecule has 0 aliphatic carbocycles. The lowest BCUT2D eigenvalue weighted by atomic mass is 10.0. The maximum atomic E-state index is 11.8. The Bertz CT molecular complexity index is 232. The van der Waals surface area contributed by atoms with E-state index >= 15 is 0 Å². The second-order valence-corrected chi connectivity index (χ2v) is 5.63. The van der Waals surface area contributed by atoms with Gasteiger partial charge in [0.2, 0.25) is 0 Å². The number of aliphatic hydroxyl groups is 1. The van der Waals surface area contributed by atoms with E-state index in [1.807, 2.05) is 20.8 Å². The molecule has 0 saturated heterocycles. The number of rotatable bonds is 8. The number of carbonyl (C=O) groups excluding carboxylic acids is 1. The van der Waals surface area contributed by atoms with Crippen LogP contribution in [0.3, 0.4) is 0 Å². The number of hydrogen-bond acceptors (Lipinski definition) is 2. The SMILES string of the molecule is CCC(C)CC(C)NC(=O)NC(CCO)C(C)C. The zero-order valence-corrected chi connectivity index (χ0v) is 12.5. The molecule has 2 amide bonds. The highest BCUT2D eigenvalue weighted by Crippen LogP contribution is 2.09. The molecule has 4 nitrogen and oxygen atoms in total. The Kier molecular flexibility index (Phi) is 8.81. The molecule has 0 radical (unpaired) electrons. The molecule has 0 aliphatic rings. The average molecular weight is 258 g/mol. The molecule has 3 atom stereocenters. The summed E-state index contributed by atoms with van der Waals surface area (Å²) in [7, 11) is 0. The fourth-order valence-corrected chi connectivity index (χ4v) is 1.97. The van der Waals surface area contributed by atoms with E-state index in [9.17, 15) is 4.79 Å². The van der Waals surface area contributed by atoms with Gasteiger partial charge in [0.15, 0.2) is 0 Å². The van der Waals surface area contributed by atoms with Crippen molar-refractivity contribution in [1.29, 1.82) is 0 Å².